The number of aliphatic hydroxyl groups is 4. The molecule has 2 saturated heterocycles. The average molecular weight is 312 g/mol. The van der Waals surface area contributed by atoms with Crippen LogP contribution < -0.4 is 0 Å². The monoisotopic (exact) mass is 312 g/mol. The first kappa shape index (κ1) is 15.4. The predicted octanol–water partition coefficient (Wildman–Crippen LogP) is -1.66. The number of carbonyl (C=O) groups is 1. The molecule has 4 N–H and O–H groups in total. The Morgan fingerprint density at radius 2 is 1.74 bits per heavy atom. The molecule has 19 heavy (non-hydrogen) atoms. The van der Waals surface area contributed by atoms with Gasteiger partial charge in [-0.05, 0) is 0 Å². The summed E-state index contributed by atoms with van der Waals surface area (Å²) >= 11 is 0. The third-order valence-electron chi connectivity index (χ3n) is 3.03. The van der Waals surface area contributed by atoms with Crippen molar-refractivity contribution in [2.45, 2.75) is 30.7 Å². The fourth-order valence-electron chi connectivity index (χ4n) is 1.80. The number of carbonyl (C=O) groups excluding carboxylic acids is 1. The molecule has 7 nitrogen and oxygen atoms in total. The lowest BCUT2D eigenvalue weighted by atomic mass is 9.99. The molecule has 2 aliphatic heterocycles. The van der Waals surface area contributed by atoms with Gasteiger partial charge < -0.3 is 29.9 Å². The van der Waals surface area contributed by atoms with E-state index in [1.165, 1.54) is 0 Å². The highest BCUT2D eigenvalue weighted by Crippen LogP contribution is 2.35. The molecule has 0 spiro atoms. The van der Waals surface area contributed by atoms with Gasteiger partial charge in [-0.15, -0.1) is 0 Å². The lowest BCUT2D eigenvalue weighted by molar-refractivity contribution is -0.287. The molecule has 2 aliphatic rings. The number of rotatable bonds is 3. The van der Waals surface area contributed by atoms with Crippen molar-refractivity contribution in [3.63, 3.8) is 0 Å². The highest BCUT2D eigenvalue weighted by molar-refractivity contribution is 8.77. The summed E-state index contributed by atoms with van der Waals surface area (Å²) < 4.78 is 9.92. The molecule has 0 aromatic carbocycles. The van der Waals surface area contributed by atoms with Crippen LogP contribution >= 0.6 is 21.6 Å². The van der Waals surface area contributed by atoms with Crippen molar-refractivity contribution in [3.8, 4) is 0 Å². The van der Waals surface area contributed by atoms with Crippen LogP contribution in [0.25, 0.3) is 0 Å². The van der Waals surface area contributed by atoms with Gasteiger partial charge in [0.05, 0.1) is 5.92 Å². The van der Waals surface area contributed by atoms with Gasteiger partial charge >= 0.3 is 5.97 Å². The molecule has 2 fully saturated rings. The summed E-state index contributed by atoms with van der Waals surface area (Å²) in [5, 5.41) is 37.7. The van der Waals surface area contributed by atoms with Gasteiger partial charge in [-0.1, -0.05) is 21.6 Å². The van der Waals surface area contributed by atoms with Crippen LogP contribution in [0, 0.1) is 5.92 Å². The molecule has 0 aromatic rings. The van der Waals surface area contributed by atoms with Gasteiger partial charge in [-0.3, -0.25) is 4.79 Å². The molecule has 0 saturated carbocycles. The summed E-state index contributed by atoms with van der Waals surface area (Å²) in [6.07, 6.45) is -7.20. The van der Waals surface area contributed by atoms with E-state index < -0.39 is 30.7 Å². The van der Waals surface area contributed by atoms with Crippen molar-refractivity contribution in [2.75, 3.05) is 18.1 Å². The molecule has 0 aromatic heterocycles. The molecule has 0 bridgehead atoms. The van der Waals surface area contributed by atoms with E-state index in [1.54, 1.807) is 21.6 Å². The molecule has 5 atom stereocenters. The van der Waals surface area contributed by atoms with Crippen molar-refractivity contribution >= 4 is 27.6 Å². The van der Waals surface area contributed by atoms with Gasteiger partial charge in [0.2, 0.25) is 0 Å². The van der Waals surface area contributed by atoms with Gasteiger partial charge in [0.25, 0.3) is 0 Å². The topological polar surface area (TPSA) is 116 Å². The van der Waals surface area contributed by atoms with E-state index in [-0.39, 0.29) is 18.5 Å². The van der Waals surface area contributed by atoms with Crippen molar-refractivity contribution in [1.82, 2.24) is 0 Å². The molecule has 110 valence electrons. The third kappa shape index (κ3) is 3.54. The van der Waals surface area contributed by atoms with Gasteiger partial charge in [-0.25, -0.2) is 0 Å². The van der Waals surface area contributed by atoms with Crippen molar-refractivity contribution in [3.05, 3.63) is 0 Å². The molecule has 9 heteroatoms. The first-order chi connectivity index (χ1) is 9.00. The molecule has 0 unspecified atom stereocenters. The van der Waals surface area contributed by atoms with E-state index in [0.29, 0.717) is 11.5 Å². The van der Waals surface area contributed by atoms with Crippen LogP contribution in [0.2, 0.25) is 0 Å². The Hall–Kier alpha value is -0.0300. The summed E-state index contributed by atoms with van der Waals surface area (Å²) in [6, 6.07) is 0. The summed E-state index contributed by atoms with van der Waals surface area (Å²) in [4.78, 5) is 11.7. The minimum atomic E-state index is -1.61. The summed E-state index contributed by atoms with van der Waals surface area (Å²) in [5.74, 6) is 0.794. The molecule has 0 amide bonds. The van der Waals surface area contributed by atoms with Crippen LogP contribution in [-0.2, 0) is 14.3 Å². The maximum Gasteiger partial charge on any atom is 0.310 e. The van der Waals surface area contributed by atoms with E-state index in [4.69, 9.17) is 9.47 Å². The zero-order chi connectivity index (χ0) is 14.0. The molecule has 2 heterocycles. The normalized spacial score (nSPS) is 40.3. The SMILES string of the molecule is O=C(OC[C@H]1O[C@H](O)[C@H](O)[C@@H](O)[C@@H]1O)C1CSSC1. The molecule has 0 radical (unpaired) electrons. The van der Waals surface area contributed by atoms with Crippen molar-refractivity contribution in [2.24, 2.45) is 5.92 Å². The highest BCUT2D eigenvalue weighted by atomic mass is 33.1. The third-order valence-corrected chi connectivity index (χ3v) is 5.59. The standard InChI is InChI=1S/C10H16O7S2/c11-6-5(17-10(15)8(13)7(6)12)1-16-9(14)4-2-18-19-3-4/h4-8,10-13,15H,1-3H2/t5-,6-,7+,8-,10+/m1/s1. The largest absolute Gasteiger partial charge is 0.463 e. The highest BCUT2D eigenvalue weighted by Gasteiger charge is 2.43. The fourth-order valence-corrected chi connectivity index (χ4v) is 4.54. The summed E-state index contributed by atoms with van der Waals surface area (Å²) in [5.41, 5.74) is 0. The summed E-state index contributed by atoms with van der Waals surface area (Å²) in [6.45, 7) is -0.271. The van der Waals surface area contributed by atoms with Gasteiger partial charge in [-0.2, -0.15) is 0 Å². The number of esters is 1. The smallest absolute Gasteiger partial charge is 0.310 e. The van der Waals surface area contributed by atoms with E-state index in [0.717, 1.165) is 0 Å². The second-order valence-electron chi connectivity index (χ2n) is 4.43. The van der Waals surface area contributed by atoms with Crippen LogP contribution in [0.3, 0.4) is 0 Å². The molecule has 2 rings (SSSR count). The number of ether oxygens (including phenoxy) is 2. The molecular formula is C10H16O7S2. The first-order valence-corrected chi connectivity index (χ1v) is 8.28. The lowest BCUT2D eigenvalue weighted by Gasteiger charge is -2.37. The minimum absolute atomic E-state index is 0.184. The quantitative estimate of drug-likeness (QED) is 0.359. The van der Waals surface area contributed by atoms with E-state index in [9.17, 15) is 25.2 Å². The van der Waals surface area contributed by atoms with Gasteiger partial charge in [0.15, 0.2) is 6.29 Å². The number of hydrogen-bond acceptors (Lipinski definition) is 9. The number of hydrogen-bond donors (Lipinski definition) is 4. The minimum Gasteiger partial charge on any atom is -0.463 e. The Labute approximate surface area is 117 Å². The van der Waals surface area contributed by atoms with Crippen LogP contribution in [0.4, 0.5) is 0 Å². The van der Waals surface area contributed by atoms with Crippen molar-refractivity contribution < 1.29 is 34.7 Å². The predicted molar refractivity (Wildman–Crippen MR) is 68.3 cm³/mol. The lowest BCUT2D eigenvalue weighted by Crippen LogP contribution is -2.58. The maximum atomic E-state index is 11.7. The second-order valence-corrected chi connectivity index (χ2v) is 6.99. The van der Waals surface area contributed by atoms with E-state index in [2.05, 4.69) is 0 Å². The Morgan fingerprint density at radius 3 is 2.37 bits per heavy atom. The van der Waals surface area contributed by atoms with Crippen LogP contribution in [0.1, 0.15) is 0 Å². The Balaban J connectivity index is 1.83. The zero-order valence-electron chi connectivity index (χ0n) is 9.92. The zero-order valence-corrected chi connectivity index (χ0v) is 11.5. The van der Waals surface area contributed by atoms with Crippen LogP contribution in [-0.4, -0.2) is 75.2 Å². The maximum absolute atomic E-state index is 11.7. The fraction of sp³-hybridized carbons (Fsp3) is 0.900. The Bertz CT molecular complexity index is 323. The van der Waals surface area contributed by atoms with Crippen molar-refractivity contribution in [1.29, 1.82) is 0 Å². The Kier molecular flexibility index (Phi) is 5.35. The summed E-state index contributed by atoms with van der Waals surface area (Å²) in [7, 11) is 3.19. The van der Waals surface area contributed by atoms with Gasteiger partial charge in [0, 0.05) is 11.5 Å². The van der Waals surface area contributed by atoms with E-state index >= 15 is 0 Å². The van der Waals surface area contributed by atoms with Crippen LogP contribution in [0.5, 0.6) is 0 Å². The molecular weight excluding hydrogens is 296 g/mol. The number of aliphatic hydroxyl groups excluding tert-OH is 4. The van der Waals surface area contributed by atoms with Gasteiger partial charge in [0.1, 0.15) is 31.0 Å². The van der Waals surface area contributed by atoms with Crippen LogP contribution in [0.15, 0.2) is 0 Å². The average Bonchev–Trinajstić information content (AvgIpc) is 2.92. The Morgan fingerprint density at radius 1 is 1.11 bits per heavy atom. The first-order valence-electron chi connectivity index (χ1n) is 5.79. The van der Waals surface area contributed by atoms with E-state index in [1.807, 2.05) is 0 Å². The molecule has 0 aliphatic carbocycles. The second kappa shape index (κ2) is 6.61.